The van der Waals surface area contributed by atoms with Crippen LogP contribution in [0.2, 0.25) is 0 Å². The molecule has 4 aromatic rings. The predicted molar refractivity (Wildman–Crippen MR) is 104 cm³/mol. The van der Waals surface area contributed by atoms with Crippen molar-refractivity contribution in [2.24, 2.45) is 0 Å². The van der Waals surface area contributed by atoms with Gasteiger partial charge in [-0.3, -0.25) is 9.78 Å². The van der Waals surface area contributed by atoms with Crippen molar-refractivity contribution in [1.29, 1.82) is 0 Å². The first-order chi connectivity index (χ1) is 12.8. The summed E-state index contributed by atoms with van der Waals surface area (Å²) < 4.78 is 0. The SMILES string of the molecule is O=C1Nc2cc(-c3cccnc3)ccc2C1=Cc1cccc2cc[nH]c12. The fourth-order valence-corrected chi connectivity index (χ4v) is 3.44. The highest BCUT2D eigenvalue weighted by Gasteiger charge is 2.24. The first kappa shape index (κ1) is 14.7. The highest BCUT2D eigenvalue weighted by molar-refractivity contribution is 6.35. The summed E-state index contributed by atoms with van der Waals surface area (Å²) in [6.07, 6.45) is 7.43. The number of hydrogen-bond donors (Lipinski definition) is 2. The Morgan fingerprint density at radius 1 is 0.962 bits per heavy atom. The Labute approximate surface area is 150 Å². The summed E-state index contributed by atoms with van der Waals surface area (Å²) in [4.78, 5) is 20.0. The molecule has 0 saturated heterocycles. The largest absolute Gasteiger partial charge is 0.361 e. The van der Waals surface area contributed by atoms with E-state index in [1.165, 1.54) is 0 Å². The van der Waals surface area contributed by atoms with E-state index in [1.54, 1.807) is 6.20 Å². The lowest BCUT2D eigenvalue weighted by atomic mass is 9.99. The van der Waals surface area contributed by atoms with Crippen LogP contribution in [0.15, 0.2) is 73.2 Å². The number of nitrogens with zero attached hydrogens (tertiary/aromatic N) is 1. The molecule has 1 aliphatic rings. The van der Waals surface area contributed by atoms with Gasteiger partial charge in [-0.05, 0) is 40.8 Å². The van der Waals surface area contributed by atoms with Gasteiger partial charge >= 0.3 is 0 Å². The molecule has 3 heterocycles. The zero-order valence-electron chi connectivity index (χ0n) is 13.9. The van der Waals surface area contributed by atoms with Gasteiger partial charge in [-0.1, -0.05) is 36.4 Å². The minimum absolute atomic E-state index is 0.0769. The number of aromatic amines is 1. The van der Waals surface area contributed by atoms with Crippen LogP contribution >= 0.6 is 0 Å². The topological polar surface area (TPSA) is 57.8 Å². The van der Waals surface area contributed by atoms with Gasteiger partial charge in [0, 0.05) is 41.0 Å². The molecule has 0 atom stereocenters. The molecule has 124 valence electrons. The average molecular weight is 337 g/mol. The van der Waals surface area contributed by atoms with Gasteiger partial charge in [-0.15, -0.1) is 0 Å². The van der Waals surface area contributed by atoms with Crippen molar-refractivity contribution in [2.45, 2.75) is 0 Å². The van der Waals surface area contributed by atoms with Crippen molar-refractivity contribution < 1.29 is 4.79 Å². The third kappa shape index (κ3) is 2.31. The maximum atomic E-state index is 12.6. The summed E-state index contributed by atoms with van der Waals surface area (Å²) in [6, 6.07) is 18.0. The lowest BCUT2D eigenvalue weighted by Gasteiger charge is -2.04. The van der Waals surface area contributed by atoms with E-state index in [2.05, 4.69) is 21.4 Å². The molecule has 0 saturated carbocycles. The van der Waals surface area contributed by atoms with E-state index in [1.807, 2.05) is 67.0 Å². The normalized spacial score (nSPS) is 14.6. The van der Waals surface area contributed by atoms with Gasteiger partial charge in [0.25, 0.3) is 5.91 Å². The highest BCUT2D eigenvalue weighted by atomic mass is 16.2. The number of aromatic nitrogens is 2. The molecule has 4 nitrogen and oxygen atoms in total. The Kier molecular flexibility index (Phi) is 3.22. The summed E-state index contributed by atoms with van der Waals surface area (Å²) >= 11 is 0. The average Bonchev–Trinajstić information content (AvgIpc) is 3.27. The van der Waals surface area contributed by atoms with Crippen LogP contribution in [0, 0.1) is 0 Å². The summed E-state index contributed by atoms with van der Waals surface area (Å²) in [6.45, 7) is 0. The second-order valence-corrected chi connectivity index (χ2v) is 6.30. The fourth-order valence-electron chi connectivity index (χ4n) is 3.44. The van der Waals surface area contributed by atoms with Crippen molar-refractivity contribution in [2.75, 3.05) is 5.32 Å². The molecule has 0 aliphatic carbocycles. The molecule has 2 N–H and O–H groups in total. The van der Waals surface area contributed by atoms with E-state index in [-0.39, 0.29) is 5.91 Å². The molecule has 1 amide bonds. The minimum Gasteiger partial charge on any atom is -0.361 e. The van der Waals surface area contributed by atoms with Crippen LogP contribution in [0.1, 0.15) is 11.1 Å². The molecule has 0 bridgehead atoms. The molecule has 0 fully saturated rings. The number of carbonyl (C=O) groups excluding carboxylic acids is 1. The van der Waals surface area contributed by atoms with Crippen molar-refractivity contribution in [3.63, 3.8) is 0 Å². The number of amides is 1. The second kappa shape index (κ2) is 5.70. The molecule has 4 heteroatoms. The van der Waals surface area contributed by atoms with E-state index in [4.69, 9.17) is 0 Å². The number of H-pyrrole nitrogens is 1. The van der Waals surface area contributed by atoms with Crippen LogP contribution in [0.4, 0.5) is 5.69 Å². The second-order valence-electron chi connectivity index (χ2n) is 6.30. The predicted octanol–water partition coefficient (Wildman–Crippen LogP) is 4.72. The number of rotatable bonds is 2. The van der Waals surface area contributed by atoms with Gasteiger partial charge in [-0.2, -0.15) is 0 Å². The Morgan fingerprint density at radius 2 is 1.92 bits per heavy atom. The van der Waals surface area contributed by atoms with Crippen LogP contribution in [-0.4, -0.2) is 15.9 Å². The number of anilines is 1. The number of para-hydroxylation sites is 1. The Morgan fingerprint density at radius 3 is 2.81 bits per heavy atom. The van der Waals surface area contributed by atoms with Crippen LogP contribution < -0.4 is 5.32 Å². The summed E-state index contributed by atoms with van der Waals surface area (Å²) in [5.74, 6) is -0.0769. The third-order valence-electron chi connectivity index (χ3n) is 4.72. The molecular formula is C22H15N3O. The van der Waals surface area contributed by atoms with E-state index in [0.717, 1.165) is 38.8 Å². The smallest absolute Gasteiger partial charge is 0.256 e. The molecule has 26 heavy (non-hydrogen) atoms. The lowest BCUT2D eigenvalue weighted by molar-refractivity contribution is -0.110. The Bertz CT molecular complexity index is 1170. The number of fused-ring (bicyclic) bond motifs is 2. The van der Waals surface area contributed by atoms with Gasteiger partial charge in [0.15, 0.2) is 0 Å². The quantitative estimate of drug-likeness (QED) is 0.520. The Balaban J connectivity index is 1.61. The molecular weight excluding hydrogens is 322 g/mol. The molecule has 0 spiro atoms. The Hall–Kier alpha value is -3.66. The van der Waals surface area contributed by atoms with Crippen molar-refractivity contribution in [1.82, 2.24) is 9.97 Å². The van der Waals surface area contributed by atoms with E-state index >= 15 is 0 Å². The molecule has 2 aromatic carbocycles. The molecule has 5 rings (SSSR count). The summed E-state index contributed by atoms with van der Waals surface area (Å²) in [7, 11) is 0. The number of benzene rings is 2. The van der Waals surface area contributed by atoms with Crippen molar-refractivity contribution >= 4 is 34.1 Å². The van der Waals surface area contributed by atoms with Crippen LogP contribution in [0.5, 0.6) is 0 Å². The minimum atomic E-state index is -0.0769. The van der Waals surface area contributed by atoms with Crippen molar-refractivity contribution in [3.8, 4) is 11.1 Å². The maximum absolute atomic E-state index is 12.6. The lowest BCUT2D eigenvalue weighted by Crippen LogP contribution is -2.03. The number of pyridine rings is 1. The number of hydrogen-bond acceptors (Lipinski definition) is 2. The maximum Gasteiger partial charge on any atom is 0.256 e. The molecule has 2 aromatic heterocycles. The number of carbonyl (C=O) groups is 1. The van der Waals surface area contributed by atoms with Gasteiger partial charge in [-0.25, -0.2) is 0 Å². The van der Waals surface area contributed by atoms with Crippen LogP contribution in [0.3, 0.4) is 0 Å². The summed E-state index contributed by atoms with van der Waals surface area (Å²) in [5.41, 5.74) is 6.53. The molecule has 1 aliphatic heterocycles. The number of nitrogens with one attached hydrogen (secondary N) is 2. The van der Waals surface area contributed by atoms with Gasteiger partial charge in [0.2, 0.25) is 0 Å². The van der Waals surface area contributed by atoms with E-state index in [9.17, 15) is 4.79 Å². The first-order valence-corrected chi connectivity index (χ1v) is 8.43. The van der Waals surface area contributed by atoms with E-state index < -0.39 is 0 Å². The van der Waals surface area contributed by atoms with Crippen LogP contribution in [-0.2, 0) is 4.79 Å². The fraction of sp³-hybridized carbons (Fsp3) is 0. The first-order valence-electron chi connectivity index (χ1n) is 8.43. The summed E-state index contributed by atoms with van der Waals surface area (Å²) in [5, 5.41) is 4.11. The monoisotopic (exact) mass is 337 g/mol. The van der Waals surface area contributed by atoms with Gasteiger partial charge in [0.05, 0.1) is 5.52 Å². The van der Waals surface area contributed by atoms with Gasteiger partial charge in [0.1, 0.15) is 0 Å². The van der Waals surface area contributed by atoms with Gasteiger partial charge < -0.3 is 10.3 Å². The third-order valence-corrected chi connectivity index (χ3v) is 4.72. The molecule has 0 unspecified atom stereocenters. The van der Waals surface area contributed by atoms with E-state index in [0.29, 0.717) is 5.57 Å². The molecule has 0 radical (unpaired) electrons. The zero-order chi connectivity index (χ0) is 17.5. The highest BCUT2D eigenvalue weighted by Crippen LogP contribution is 2.36. The van der Waals surface area contributed by atoms with Crippen LogP contribution in [0.25, 0.3) is 33.7 Å². The van der Waals surface area contributed by atoms with Crippen molar-refractivity contribution in [3.05, 3.63) is 84.3 Å². The zero-order valence-corrected chi connectivity index (χ0v) is 13.9. The standard InChI is InChI=1S/C22H15N3O/c26-22-19(11-16-4-1-3-14-8-10-24-21(14)16)18-7-6-15(12-20(18)25-22)17-5-2-9-23-13-17/h1-13,24H,(H,25,26).